The molecule has 7 heteroatoms. The Labute approximate surface area is 154 Å². The van der Waals surface area contributed by atoms with Crippen LogP contribution in [0.2, 0.25) is 0 Å². The first-order chi connectivity index (χ1) is 12.3. The predicted octanol–water partition coefficient (Wildman–Crippen LogP) is 3.09. The van der Waals surface area contributed by atoms with Gasteiger partial charge in [0.25, 0.3) is 5.91 Å². The smallest absolute Gasteiger partial charge is 0.262 e. The van der Waals surface area contributed by atoms with Crippen LogP contribution in [0.1, 0.15) is 25.8 Å². The molecule has 0 heterocycles. The second-order valence-corrected chi connectivity index (χ2v) is 7.77. The van der Waals surface area contributed by atoms with E-state index in [1.54, 1.807) is 0 Å². The molecule has 6 nitrogen and oxygen atoms in total. The monoisotopic (exact) mass is 376 g/mol. The molecule has 2 rings (SSSR count). The maximum absolute atomic E-state index is 12.2. The van der Waals surface area contributed by atoms with Crippen molar-refractivity contribution in [3.63, 3.8) is 0 Å². The molecule has 0 radical (unpaired) electrons. The summed E-state index contributed by atoms with van der Waals surface area (Å²) in [5.74, 6) is 0.141. The fourth-order valence-electron chi connectivity index (χ4n) is 2.18. The van der Waals surface area contributed by atoms with Crippen molar-refractivity contribution in [2.24, 2.45) is 0 Å². The molecule has 1 atom stereocenters. The van der Waals surface area contributed by atoms with E-state index in [0.29, 0.717) is 12.2 Å². The first kappa shape index (κ1) is 19.9. The molecule has 2 aromatic carbocycles. The fourth-order valence-corrected chi connectivity index (χ4v) is 3.51. The van der Waals surface area contributed by atoms with Crippen molar-refractivity contribution < 1.29 is 17.9 Å². The van der Waals surface area contributed by atoms with Crippen molar-refractivity contribution in [2.45, 2.75) is 38.1 Å². The third-order valence-corrected chi connectivity index (χ3v) is 5.50. The topological polar surface area (TPSA) is 84.5 Å². The molecule has 0 aliphatic heterocycles. The fraction of sp³-hybridized carbons (Fsp3) is 0.316. The lowest BCUT2D eigenvalue weighted by atomic mass is 10.2. The zero-order chi connectivity index (χ0) is 19.2. The lowest BCUT2D eigenvalue weighted by molar-refractivity contribution is -0.118. The number of para-hydroxylation sites is 1. The Morgan fingerprint density at radius 1 is 1.12 bits per heavy atom. The van der Waals surface area contributed by atoms with Crippen LogP contribution in [0, 0.1) is 6.92 Å². The van der Waals surface area contributed by atoms with Crippen LogP contribution in [0.25, 0.3) is 0 Å². The van der Waals surface area contributed by atoms with Crippen LogP contribution < -0.4 is 14.8 Å². The van der Waals surface area contributed by atoms with Gasteiger partial charge in [-0.15, -0.1) is 0 Å². The van der Waals surface area contributed by atoms with E-state index in [-0.39, 0.29) is 23.5 Å². The average Bonchev–Trinajstić information content (AvgIpc) is 2.62. The van der Waals surface area contributed by atoms with Crippen LogP contribution in [-0.2, 0) is 14.8 Å². The van der Waals surface area contributed by atoms with Crippen molar-refractivity contribution in [3.05, 3.63) is 54.1 Å². The third kappa shape index (κ3) is 5.57. The molecule has 0 saturated carbocycles. The van der Waals surface area contributed by atoms with E-state index in [1.165, 1.54) is 24.3 Å². The first-order valence-electron chi connectivity index (χ1n) is 8.42. The highest BCUT2D eigenvalue weighted by Crippen LogP contribution is 2.17. The SMILES string of the molecule is CC[C@@H](C)NS(=O)(=O)c1ccc(OCC(=O)Nc2ccccc2C)cc1. The standard InChI is InChI=1S/C19H24N2O4S/c1-4-15(3)21-26(23,24)17-11-9-16(10-12-17)25-13-19(22)20-18-8-6-5-7-14(18)2/h5-12,15,21H,4,13H2,1-3H3,(H,20,22)/t15-/m1/s1. The molecule has 0 saturated heterocycles. The third-order valence-electron chi connectivity index (χ3n) is 3.89. The number of sulfonamides is 1. The van der Waals surface area contributed by atoms with Gasteiger partial charge in [-0.05, 0) is 56.2 Å². The van der Waals surface area contributed by atoms with E-state index in [4.69, 9.17) is 4.74 Å². The largest absolute Gasteiger partial charge is 0.484 e. The van der Waals surface area contributed by atoms with Crippen molar-refractivity contribution >= 4 is 21.6 Å². The minimum absolute atomic E-state index is 0.138. The molecule has 0 aliphatic rings. The van der Waals surface area contributed by atoms with Gasteiger partial charge in [-0.2, -0.15) is 0 Å². The van der Waals surface area contributed by atoms with Gasteiger partial charge in [0.2, 0.25) is 10.0 Å². The summed E-state index contributed by atoms with van der Waals surface area (Å²) >= 11 is 0. The highest BCUT2D eigenvalue weighted by molar-refractivity contribution is 7.89. The summed E-state index contributed by atoms with van der Waals surface area (Å²) < 4.78 is 32.4. The van der Waals surface area contributed by atoms with Crippen LogP contribution in [0.3, 0.4) is 0 Å². The summed E-state index contributed by atoms with van der Waals surface area (Å²) in [7, 11) is -3.55. The van der Waals surface area contributed by atoms with Gasteiger partial charge < -0.3 is 10.1 Å². The quantitative estimate of drug-likeness (QED) is 0.741. The highest BCUT2D eigenvalue weighted by Gasteiger charge is 2.16. The van der Waals surface area contributed by atoms with E-state index >= 15 is 0 Å². The molecule has 26 heavy (non-hydrogen) atoms. The molecule has 0 fully saturated rings. The molecular weight excluding hydrogens is 352 g/mol. The zero-order valence-electron chi connectivity index (χ0n) is 15.2. The van der Waals surface area contributed by atoms with Gasteiger partial charge in [0.15, 0.2) is 6.61 Å². The maximum Gasteiger partial charge on any atom is 0.262 e. The minimum atomic E-state index is -3.55. The van der Waals surface area contributed by atoms with E-state index < -0.39 is 10.0 Å². The molecule has 0 aliphatic carbocycles. The summed E-state index contributed by atoms with van der Waals surface area (Å²) in [6, 6.07) is 13.3. The Balaban J connectivity index is 1.93. The van der Waals surface area contributed by atoms with E-state index in [0.717, 1.165) is 11.3 Å². The number of amides is 1. The second kappa shape index (κ2) is 8.82. The molecule has 1 amide bonds. The number of nitrogens with one attached hydrogen (secondary N) is 2. The number of rotatable bonds is 8. The zero-order valence-corrected chi connectivity index (χ0v) is 16.0. The molecule has 0 bridgehead atoms. The lowest BCUT2D eigenvalue weighted by Gasteiger charge is -2.13. The summed E-state index contributed by atoms with van der Waals surface area (Å²) in [6.07, 6.45) is 0.705. The number of anilines is 1. The second-order valence-electron chi connectivity index (χ2n) is 6.05. The number of hydrogen-bond acceptors (Lipinski definition) is 4. The number of carbonyl (C=O) groups is 1. The van der Waals surface area contributed by atoms with Crippen LogP contribution in [0.15, 0.2) is 53.4 Å². The Bertz CT molecular complexity index is 848. The van der Waals surface area contributed by atoms with Crippen LogP contribution in [0.5, 0.6) is 5.75 Å². The molecule has 0 aromatic heterocycles. The Kier molecular flexibility index (Phi) is 6.76. The van der Waals surface area contributed by atoms with Gasteiger partial charge >= 0.3 is 0 Å². The average molecular weight is 376 g/mol. The summed E-state index contributed by atoms with van der Waals surface area (Å²) in [4.78, 5) is 12.1. The molecule has 2 N–H and O–H groups in total. The Morgan fingerprint density at radius 3 is 2.38 bits per heavy atom. The van der Waals surface area contributed by atoms with Crippen molar-refractivity contribution in [3.8, 4) is 5.75 Å². The van der Waals surface area contributed by atoms with Crippen molar-refractivity contribution in [1.29, 1.82) is 0 Å². The predicted molar refractivity (Wildman–Crippen MR) is 102 cm³/mol. The first-order valence-corrected chi connectivity index (χ1v) is 9.91. The van der Waals surface area contributed by atoms with E-state index in [1.807, 2.05) is 45.0 Å². The van der Waals surface area contributed by atoms with Gasteiger partial charge in [0.05, 0.1) is 4.90 Å². The maximum atomic E-state index is 12.2. The van der Waals surface area contributed by atoms with Gasteiger partial charge in [0.1, 0.15) is 5.75 Å². The summed E-state index contributed by atoms with van der Waals surface area (Å²) in [6.45, 7) is 5.46. The van der Waals surface area contributed by atoms with Gasteiger partial charge in [0, 0.05) is 11.7 Å². The molecular formula is C19H24N2O4S. The Hall–Kier alpha value is -2.38. The minimum Gasteiger partial charge on any atom is -0.484 e. The van der Waals surface area contributed by atoms with E-state index in [2.05, 4.69) is 10.0 Å². The Morgan fingerprint density at radius 2 is 1.77 bits per heavy atom. The number of hydrogen-bond donors (Lipinski definition) is 2. The van der Waals surface area contributed by atoms with Crippen molar-refractivity contribution in [1.82, 2.24) is 4.72 Å². The number of ether oxygens (including phenoxy) is 1. The van der Waals surface area contributed by atoms with Crippen molar-refractivity contribution in [2.75, 3.05) is 11.9 Å². The molecule has 2 aromatic rings. The molecule has 0 spiro atoms. The van der Waals surface area contributed by atoms with Gasteiger partial charge in [-0.1, -0.05) is 25.1 Å². The van der Waals surface area contributed by atoms with Gasteiger partial charge in [-0.25, -0.2) is 13.1 Å². The summed E-state index contributed by atoms with van der Waals surface area (Å²) in [5, 5.41) is 2.77. The van der Waals surface area contributed by atoms with E-state index in [9.17, 15) is 13.2 Å². The lowest BCUT2D eigenvalue weighted by Crippen LogP contribution is -2.31. The molecule has 0 unspecified atom stereocenters. The number of benzene rings is 2. The number of carbonyl (C=O) groups excluding carboxylic acids is 1. The normalized spacial score (nSPS) is 12.4. The highest BCUT2D eigenvalue weighted by atomic mass is 32.2. The van der Waals surface area contributed by atoms with Crippen LogP contribution >= 0.6 is 0 Å². The summed E-state index contributed by atoms with van der Waals surface area (Å²) in [5.41, 5.74) is 1.70. The van der Waals surface area contributed by atoms with Crippen LogP contribution in [-0.4, -0.2) is 27.0 Å². The number of aryl methyl sites for hydroxylation is 1. The van der Waals surface area contributed by atoms with Crippen LogP contribution in [0.4, 0.5) is 5.69 Å². The molecule has 140 valence electrons. The van der Waals surface area contributed by atoms with Gasteiger partial charge in [-0.3, -0.25) is 4.79 Å².